The Morgan fingerprint density at radius 1 is 1.00 bits per heavy atom. The minimum absolute atomic E-state index is 0.104. The first kappa shape index (κ1) is 17.2. The largest absolute Gasteiger partial charge is 0.387 e. The van der Waals surface area contributed by atoms with E-state index in [2.05, 4.69) is 4.90 Å². The van der Waals surface area contributed by atoms with Crippen LogP contribution in [0.25, 0.3) is 0 Å². The van der Waals surface area contributed by atoms with Crippen molar-refractivity contribution < 1.29 is 17.3 Å². The molecule has 0 bridgehead atoms. The van der Waals surface area contributed by atoms with E-state index in [0.29, 0.717) is 19.0 Å². The van der Waals surface area contributed by atoms with E-state index in [1.165, 1.54) is 31.3 Å². The van der Waals surface area contributed by atoms with E-state index < -0.39 is 10.1 Å². The van der Waals surface area contributed by atoms with E-state index in [0.717, 1.165) is 38.8 Å². The fraction of sp³-hybridized carbons (Fsp3) is 0.882. The molecule has 3 rings (SSSR count). The average Bonchev–Trinajstić information content (AvgIpc) is 2.52. The zero-order valence-corrected chi connectivity index (χ0v) is 15.0. The summed E-state index contributed by atoms with van der Waals surface area (Å²) >= 11 is 0. The summed E-state index contributed by atoms with van der Waals surface area (Å²) in [5, 5.41) is 0. The monoisotopic (exact) mass is 343 g/mol. The van der Waals surface area contributed by atoms with Gasteiger partial charge in [-0.3, -0.25) is 4.90 Å². The van der Waals surface area contributed by atoms with E-state index in [9.17, 15) is 8.42 Å². The quantitative estimate of drug-likeness (QED) is 0.685. The highest BCUT2D eigenvalue weighted by molar-refractivity contribution is 7.86. The Morgan fingerprint density at radius 2 is 1.65 bits per heavy atom. The van der Waals surface area contributed by atoms with Crippen molar-refractivity contribution >= 4 is 10.1 Å². The van der Waals surface area contributed by atoms with Crippen LogP contribution in [0.5, 0.6) is 0 Å². The van der Waals surface area contributed by atoms with Crippen molar-refractivity contribution in [3.05, 3.63) is 11.3 Å². The summed E-state index contributed by atoms with van der Waals surface area (Å²) in [6.07, 6.45) is 9.06. The summed E-state index contributed by atoms with van der Waals surface area (Å²) in [7, 11) is -3.50. The SMILES string of the molecule is CC1=C2CCCCCCCCC2(N2CCOCC2)CS(=O)(=O)O1. The highest BCUT2D eigenvalue weighted by Crippen LogP contribution is 2.42. The molecule has 5 nitrogen and oxygen atoms in total. The van der Waals surface area contributed by atoms with Gasteiger partial charge in [-0.1, -0.05) is 32.1 Å². The van der Waals surface area contributed by atoms with Crippen molar-refractivity contribution in [2.75, 3.05) is 32.1 Å². The highest BCUT2D eigenvalue weighted by atomic mass is 32.2. The number of rotatable bonds is 1. The molecule has 2 fully saturated rings. The minimum Gasteiger partial charge on any atom is -0.387 e. The smallest absolute Gasteiger partial charge is 0.311 e. The predicted octanol–water partition coefficient (Wildman–Crippen LogP) is 2.83. The zero-order chi connectivity index (χ0) is 16.3. The van der Waals surface area contributed by atoms with Gasteiger partial charge in [0.2, 0.25) is 0 Å². The number of nitrogens with zero attached hydrogens (tertiary/aromatic N) is 1. The van der Waals surface area contributed by atoms with Crippen molar-refractivity contribution in [1.82, 2.24) is 4.90 Å². The van der Waals surface area contributed by atoms with Crippen molar-refractivity contribution in [3.63, 3.8) is 0 Å². The molecule has 0 spiro atoms. The van der Waals surface area contributed by atoms with Crippen LogP contribution in [0.15, 0.2) is 11.3 Å². The summed E-state index contributed by atoms with van der Waals surface area (Å²) in [5.74, 6) is 0.732. The van der Waals surface area contributed by atoms with Crippen LogP contribution in [-0.4, -0.2) is 50.9 Å². The second-order valence-corrected chi connectivity index (χ2v) is 8.64. The Labute approximate surface area is 140 Å². The van der Waals surface area contributed by atoms with Crippen LogP contribution >= 0.6 is 0 Å². The van der Waals surface area contributed by atoms with Crippen molar-refractivity contribution in [3.8, 4) is 0 Å². The molecular weight excluding hydrogens is 314 g/mol. The number of fused-ring (bicyclic) bond motifs is 1. The molecular formula is C17H29NO4S. The lowest BCUT2D eigenvalue weighted by Gasteiger charge is -2.49. The molecule has 3 aliphatic rings. The predicted molar refractivity (Wildman–Crippen MR) is 89.6 cm³/mol. The molecule has 0 aromatic carbocycles. The number of ether oxygens (including phenoxy) is 1. The van der Waals surface area contributed by atoms with Gasteiger partial charge in [0.25, 0.3) is 0 Å². The summed E-state index contributed by atoms with van der Waals surface area (Å²) in [4.78, 5) is 2.37. The topological polar surface area (TPSA) is 55.8 Å². The lowest BCUT2D eigenvalue weighted by atomic mass is 9.79. The third kappa shape index (κ3) is 3.74. The first-order valence-electron chi connectivity index (χ1n) is 8.99. The van der Waals surface area contributed by atoms with Crippen LogP contribution in [-0.2, 0) is 19.0 Å². The van der Waals surface area contributed by atoms with E-state index in [1.807, 2.05) is 6.92 Å². The minimum atomic E-state index is -3.50. The van der Waals surface area contributed by atoms with Crippen LogP contribution in [0.2, 0.25) is 0 Å². The molecule has 0 aromatic heterocycles. The number of hydrogen-bond acceptors (Lipinski definition) is 5. The van der Waals surface area contributed by atoms with Crippen molar-refractivity contribution in [2.24, 2.45) is 0 Å². The Kier molecular flexibility index (Phi) is 5.33. The second-order valence-electron chi connectivity index (χ2n) is 7.07. The molecule has 6 heteroatoms. The first-order valence-corrected chi connectivity index (χ1v) is 10.6. The van der Waals surface area contributed by atoms with Crippen LogP contribution in [0, 0.1) is 0 Å². The number of allylic oxidation sites excluding steroid dienone is 1. The van der Waals surface area contributed by atoms with E-state index in [-0.39, 0.29) is 11.3 Å². The molecule has 2 aliphatic heterocycles. The van der Waals surface area contributed by atoms with Gasteiger partial charge in [0.1, 0.15) is 11.5 Å². The van der Waals surface area contributed by atoms with Crippen LogP contribution < -0.4 is 0 Å². The molecule has 1 saturated heterocycles. The molecule has 1 aliphatic carbocycles. The Bertz CT molecular complexity index is 551. The maximum absolute atomic E-state index is 12.4. The molecule has 1 unspecified atom stereocenters. The maximum atomic E-state index is 12.4. The first-order chi connectivity index (χ1) is 11.0. The van der Waals surface area contributed by atoms with Gasteiger partial charge in [0.15, 0.2) is 0 Å². The Morgan fingerprint density at radius 3 is 2.39 bits per heavy atom. The van der Waals surface area contributed by atoms with Crippen LogP contribution in [0.1, 0.15) is 58.3 Å². The number of hydrogen-bond donors (Lipinski definition) is 0. The summed E-state index contributed by atoms with van der Waals surface area (Å²) < 4.78 is 35.6. The molecule has 0 amide bonds. The number of morpholine rings is 1. The Hall–Kier alpha value is -0.590. The normalized spacial score (nSPS) is 33.6. The molecule has 2 heterocycles. The van der Waals surface area contributed by atoms with Gasteiger partial charge < -0.3 is 8.92 Å². The standard InChI is InChI=1S/C17H29NO4S/c1-15-16-8-6-4-2-3-5-7-9-17(16,14-23(19,20)22-15)18-10-12-21-13-11-18/h2-14H2,1H3. The van der Waals surface area contributed by atoms with E-state index in [4.69, 9.17) is 8.92 Å². The highest BCUT2D eigenvalue weighted by Gasteiger charge is 2.48. The van der Waals surface area contributed by atoms with Gasteiger partial charge in [-0.2, -0.15) is 8.42 Å². The molecule has 1 saturated carbocycles. The fourth-order valence-corrected chi connectivity index (χ4v) is 6.09. The van der Waals surface area contributed by atoms with Gasteiger partial charge in [-0.15, -0.1) is 0 Å². The van der Waals surface area contributed by atoms with Gasteiger partial charge in [0.05, 0.1) is 18.8 Å². The molecule has 132 valence electrons. The van der Waals surface area contributed by atoms with Gasteiger partial charge >= 0.3 is 10.1 Å². The van der Waals surface area contributed by atoms with Gasteiger partial charge in [-0.05, 0) is 31.8 Å². The van der Waals surface area contributed by atoms with Gasteiger partial charge in [0, 0.05) is 13.1 Å². The molecule has 0 N–H and O–H groups in total. The molecule has 1 atom stereocenters. The van der Waals surface area contributed by atoms with Crippen LogP contribution in [0.4, 0.5) is 0 Å². The third-order valence-electron chi connectivity index (χ3n) is 5.54. The molecule has 0 aromatic rings. The summed E-state index contributed by atoms with van der Waals surface area (Å²) in [5.41, 5.74) is 0.860. The summed E-state index contributed by atoms with van der Waals surface area (Å²) in [6.45, 7) is 4.84. The zero-order valence-electron chi connectivity index (χ0n) is 14.2. The van der Waals surface area contributed by atoms with Gasteiger partial charge in [-0.25, -0.2) is 0 Å². The second kappa shape index (κ2) is 7.11. The van der Waals surface area contributed by atoms with Crippen LogP contribution in [0.3, 0.4) is 0 Å². The average molecular weight is 343 g/mol. The molecule has 0 radical (unpaired) electrons. The maximum Gasteiger partial charge on any atom is 0.311 e. The van der Waals surface area contributed by atoms with Crippen molar-refractivity contribution in [2.45, 2.75) is 63.8 Å². The van der Waals surface area contributed by atoms with E-state index in [1.54, 1.807) is 0 Å². The third-order valence-corrected chi connectivity index (χ3v) is 6.87. The Balaban J connectivity index is 2.01. The van der Waals surface area contributed by atoms with Crippen molar-refractivity contribution in [1.29, 1.82) is 0 Å². The summed E-state index contributed by atoms with van der Waals surface area (Å²) in [6, 6.07) is 0. The van der Waals surface area contributed by atoms with E-state index >= 15 is 0 Å². The fourth-order valence-electron chi connectivity index (χ4n) is 4.47. The lowest BCUT2D eigenvalue weighted by molar-refractivity contribution is -0.0108. The molecule has 23 heavy (non-hydrogen) atoms. The lowest BCUT2D eigenvalue weighted by Crippen LogP contribution is -2.60.